The molecule has 2 rings (SSSR count). The van der Waals surface area contributed by atoms with Crippen molar-refractivity contribution >= 4 is 5.91 Å². The van der Waals surface area contributed by atoms with E-state index in [1.807, 2.05) is 7.05 Å². The maximum Gasteiger partial charge on any atom is 0.255 e. The number of piperidine rings is 1. The zero-order valence-electron chi connectivity index (χ0n) is 10.1. The molecule has 0 aromatic carbocycles. The second kappa shape index (κ2) is 5.72. The van der Waals surface area contributed by atoms with Crippen molar-refractivity contribution in [2.75, 3.05) is 26.7 Å². The maximum absolute atomic E-state index is 12.1. The number of nitrogens with zero attached hydrogens (tertiary/aromatic N) is 3. The lowest BCUT2D eigenvalue weighted by Gasteiger charge is -2.27. The Bertz CT molecular complexity index is 362. The molecule has 0 atom stereocenters. The molecule has 0 bridgehead atoms. The Labute approximate surface area is 101 Å². The van der Waals surface area contributed by atoms with Gasteiger partial charge in [0.1, 0.15) is 0 Å². The van der Waals surface area contributed by atoms with E-state index in [0.29, 0.717) is 11.5 Å². The first-order valence-electron chi connectivity index (χ1n) is 6.00. The minimum atomic E-state index is 0.0263. The van der Waals surface area contributed by atoms with Crippen LogP contribution >= 0.6 is 0 Å². The molecule has 1 aliphatic heterocycles. The Morgan fingerprint density at radius 2 is 2.24 bits per heavy atom. The number of hydrogen-bond acceptors (Lipinski definition) is 4. The summed E-state index contributed by atoms with van der Waals surface area (Å²) in [6, 6.07) is 1.70. The van der Waals surface area contributed by atoms with Gasteiger partial charge in [0.2, 0.25) is 0 Å². The predicted octanol–water partition coefficient (Wildman–Crippen LogP) is 0.548. The summed E-state index contributed by atoms with van der Waals surface area (Å²) >= 11 is 0. The smallest absolute Gasteiger partial charge is 0.255 e. The second-order valence-corrected chi connectivity index (χ2v) is 4.51. The van der Waals surface area contributed by atoms with Gasteiger partial charge in [-0.1, -0.05) is 0 Å². The van der Waals surface area contributed by atoms with E-state index in [1.54, 1.807) is 17.2 Å². The normalized spacial score (nSPS) is 16.8. The molecule has 2 heterocycles. The van der Waals surface area contributed by atoms with Crippen LogP contribution in [0.25, 0.3) is 0 Å². The number of nitrogens with one attached hydrogen (secondary N) is 1. The molecule has 0 aliphatic carbocycles. The van der Waals surface area contributed by atoms with Crippen molar-refractivity contribution in [1.82, 2.24) is 20.4 Å². The molecule has 1 aliphatic rings. The van der Waals surface area contributed by atoms with Crippen LogP contribution in [0.4, 0.5) is 0 Å². The third kappa shape index (κ3) is 3.23. The Morgan fingerprint density at radius 3 is 2.88 bits per heavy atom. The number of rotatable bonds is 3. The van der Waals surface area contributed by atoms with Crippen LogP contribution in [0.3, 0.4) is 0 Å². The van der Waals surface area contributed by atoms with Gasteiger partial charge in [-0.15, -0.1) is 0 Å². The minimum absolute atomic E-state index is 0.0263. The van der Waals surface area contributed by atoms with Crippen molar-refractivity contribution in [2.24, 2.45) is 5.92 Å². The summed E-state index contributed by atoms with van der Waals surface area (Å²) in [5, 5.41) is 10.7. The highest BCUT2D eigenvalue weighted by Gasteiger charge is 2.18. The van der Waals surface area contributed by atoms with Gasteiger partial charge in [0, 0.05) is 13.6 Å². The molecular weight excluding hydrogens is 216 g/mol. The average Bonchev–Trinajstić information content (AvgIpc) is 2.40. The van der Waals surface area contributed by atoms with Crippen molar-refractivity contribution in [3.05, 3.63) is 24.0 Å². The van der Waals surface area contributed by atoms with Crippen LogP contribution in [0.2, 0.25) is 0 Å². The Hall–Kier alpha value is -1.49. The average molecular weight is 234 g/mol. The fourth-order valence-electron chi connectivity index (χ4n) is 2.17. The lowest BCUT2D eigenvalue weighted by atomic mass is 9.97. The SMILES string of the molecule is CN(CC1CCNCC1)C(=O)c1ccnnc1. The molecule has 5 heteroatoms. The molecule has 0 spiro atoms. The van der Waals surface area contributed by atoms with E-state index < -0.39 is 0 Å². The van der Waals surface area contributed by atoms with Gasteiger partial charge < -0.3 is 10.2 Å². The fourth-order valence-corrected chi connectivity index (χ4v) is 2.17. The van der Waals surface area contributed by atoms with Gasteiger partial charge in [-0.25, -0.2) is 0 Å². The van der Waals surface area contributed by atoms with Crippen molar-refractivity contribution in [3.8, 4) is 0 Å². The third-order valence-corrected chi connectivity index (χ3v) is 3.17. The van der Waals surface area contributed by atoms with Gasteiger partial charge in [-0.2, -0.15) is 10.2 Å². The molecular formula is C12H18N4O. The van der Waals surface area contributed by atoms with E-state index in [2.05, 4.69) is 15.5 Å². The zero-order valence-corrected chi connectivity index (χ0v) is 10.1. The summed E-state index contributed by atoms with van der Waals surface area (Å²) in [6.45, 7) is 2.94. The van der Waals surface area contributed by atoms with E-state index in [9.17, 15) is 4.79 Å². The second-order valence-electron chi connectivity index (χ2n) is 4.51. The van der Waals surface area contributed by atoms with Crippen molar-refractivity contribution in [2.45, 2.75) is 12.8 Å². The van der Waals surface area contributed by atoms with Gasteiger partial charge in [0.25, 0.3) is 5.91 Å². The van der Waals surface area contributed by atoms with Crippen molar-refractivity contribution < 1.29 is 4.79 Å². The molecule has 5 nitrogen and oxygen atoms in total. The molecule has 1 fully saturated rings. The van der Waals surface area contributed by atoms with Crippen LogP contribution in [-0.2, 0) is 0 Å². The first-order chi connectivity index (χ1) is 8.27. The highest BCUT2D eigenvalue weighted by atomic mass is 16.2. The van der Waals surface area contributed by atoms with Gasteiger partial charge in [-0.3, -0.25) is 4.79 Å². The molecule has 1 aromatic heterocycles. The topological polar surface area (TPSA) is 58.1 Å². The Kier molecular flexibility index (Phi) is 4.03. The van der Waals surface area contributed by atoms with E-state index >= 15 is 0 Å². The lowest BCUT2D eigenvalue weighted by Crippen LogP contribution is -2.37. The first kappa shape index (κ1) is 12.0. The summed E-state index contributed by atoms with van der Waals surface area (Å²) in [5.41, 5.74) is 0.608. The summed E-state index contributed by atoms with van der Waals surface area (Å²) in [6.07, 6.45) is 5.35. The van der Waals surface area contributed by atoms with E-state index in [-0.39, 0.29) is 5.91 Å². The summed E-state index contributed by atoms with van der Waals surface area (Å²) < 4.78 is 0. The number of aromatic nitrogens is 2. The molecule has 17 heavy (non-hydrogen) atoms. The molecule has 0 radical (unpaired) electrons. The van der Waals surface area contributed by atoms with Gasteiger partial charge in [0.05, 0.1) is 18.0 Å². The van der Waals surface area contributed by atoms with E-state index in [0.717, 1.165) is 32.5 Å². The van der Waals surface area contributed by atoms with E-state index in [1.165, 1.54) is 6.20 Å². The predicted molar refractivity (Wildman–Crippen MR) is 64.6 cm³/mol. The molecule has 1 saturated heterocycles. The van der Waals surface area contributed by atoms with Crippen molar-refractivity contribution in [3.63, 3.8) is 0 Å². The van der Waals surface area contributed by atoms with Crippen LogP contribution in [-0.4, -0.2) is 47.7 Å². The summed E-state index contributed by atoms with van der Waals surface area (Å²) in [5.74, 6) is 0.637. The highest BCUT2D eigenvalue weighted by molar-refractivity contribution is 5.93. The van der Waals surface area contributed by atoms with Crippen LogP contribution in [0.5, 0.6) is 0 Å². The zero-order chi connectivity index (χ0) is 12.1. The van der Waals surface area contributed by atoms with Crippen LogP contribution in [0, 0.1) is 5.92 Å². The largest absolute Gasteiger partial charge is 0.341 e. The van der Waals surface area contributed by atoms with E-state index in [4.69, 9.17) is 0 Å². The van der Waals surface area contributed by atoms with Crippen molar-refractivity contribution in [1.29, 1.82) is 0 Å². The molecule has 0 saturated carbocycles. The van der Waals surface area contributed by atoms with Crippen LogP contribution in [0.15, 0.2) is 18.5 Å². The van der Waals surface area contributed by atoms with Gasteiger partial charge in [0.15, 0.2) is 0 Å². The van der Waals surface area contributed by atoms with Gasteiger partial charge in [-0.05, 0) is 37.9 Å². The van der Waals surface area contributed by atoms with Crippen LogP contribution < -0.4 is 5.32 Å². The molecule has 1 amide bonds. The maximum atomic E-state index is 12.1. The number of carbonyl (C=O) groups is 1. The minimum Gasteiger partial charge on any atom is -0.341 e. The fraction of sp³-hybridized carbons (Fsp3) is 0.583. The molecule has 1 aromatic rings. The third-order valence-electron chi connectivity index (χ3n) is 3.17. The highest BCUT2D eigenvalue weighted by Crippen LogP contribution is 2.13. The lowest BCUT2D eigenvalue weighted by molar-refractivity contribution is 0.0762. The Balaban J connectivity index is 1.91. The molecule has 92 valence electrons. The first-order valence-corrected chi connectivity index (χ1v) is 6.00. The Morgan fingerprint density at radius 1 is 1.47 bits per heavy atom. The van der Waals surface area contributed by atoms with Gasteiger partial charge >= 0.3 is 0 Å². The number of carbonyl (C=O) groups excluding carboxylic acids is 1. The molecule has 1 N–H and O–H groups in total. The number of hydrogen-bond donors (Lipinski definition) is 1. The molecule has 0 unspecified atom stereocenters. The monoisotopic (exact) mass is 234 g/mol. The summed E-state index contributed by atoms with van der Waals surface area (Å²) in [4.78, 5) is 13.8. The summed E-state index contributed by atoms with van der Waals surface area (Å²) in [7, 11) is 1.85. The standard InChI is InChI=1S/C12H18N4O/c1-16(9-10-2-5-13-6-3-10)12(17)11-4-7-14-15-8-11/h4,7-8,10,13H,2-3,5-6,9H2,1H3. The number of amides is 1. The quantitative estimate of drug-likeness (QED) is 0.829. The van der Waals surface area contributed by atoms with Crippen LogP contribution in [0.1, 0.15) is 23.2 Å².